The van der Waals surface area contributed by atoms with Crippen molar-refractivity contribution in [3.8, 4) is 5.75 Å². The van der Waals surface area contributed by atoms with E-state index in [1.807, 2.05) is 17.5 Å². The van der Waals surface area contributed by atoms with Crippen LogP contribution in [-0.4, -0.2) is 40.7 Å². The van der Waals surface area contributed by atoms with Crippen LogP contribution in [0.2, 0.25) is 0 Å². The Labute approximate surface area is 209 Å². The predicted molar refractivity (Wildman–Crippen MR) is 133 cm³/mol. The number of pyridine rings is 1. The number of ketones is 1. The highest BCUT2D eigenvalue weighted by Gasteiger charge is 2.35. The van der Waals surface area contributed by atoms with Crippen molar-refractivity contribution in [1.29, 1.82) is 0 Å². The summed E-state index contributed by atoms with van der Waals surface area (Å²) in [5.41, 5.74) is 1.53. The molecule has 4 heterocycles. The molecular formula is C25H20N4O4S2. The SMILES string of the molecule is O=C(NCCCN(C(=O)c1cccs1)c1nc(C2Oc3ccccc3C2=O)cs1)c1ccncc1. The van der Waals surface area contributed by atoms with Crippen LogP contribution in [0.25, 0.3) is 0 Å². The van der Waals surface area contributed by atoms with E-state index < -0.39 is 6.10 Å². The first-order valence-electron chi connectivity index (χ1n) is 10.9. The number of thiophene rings is 1. The minimum atomic E-state index is -0.823. The number of aromatic nitrogens is 2. The number of hydrogen-bond donors (Lipinski definition) is 1. The Bertz CT molecular complexity index is 1350. The fourth-order valence-electron chi connectivity index (χ4n) is 3.67. The Kier molecular flexibility index (Phi) is 6.64. The second kappa shape index (κ2) is 10.2. The molecule has 0 spiro atoms. The molecule has 0 radical (unpaired) electrons. The Balaban J connectivity index is 1.29. The highest BCUT2D eigenvalue weighted by molar-refractivity contribution is 7.14. The molecule has 2 amide bonds. The van der Waals surface area contributed by atoms with Crippen molar-refractivity contribution in [2.75, 3.05) is 18.0 Å². The molecule has 5 rings (SSSR count). The third-order valence-electron chi connectivity index (χ3n) is 5.41. The van der Waals surface area contributed by atoms with E-state index in [-0.39, 0.29) is 17.6 Å². The first kappa shape index (κ1) is 22.9. The van der Waals surface area contributed by atoms with Gasteiger partial charge in [0.1, 0.15) is 11.4 Å². The third-order valence-corrected chi connectivity index (χ3v) is 7.15. The highest BCUT2D eigenvalue weighted by Crippen LogP contribution is 2.38. The molecule has 1 aliphatic heterocycles. The Hall–Kier alpha value is -3.89. The van der Waals surface area contributed by atoms with Gasteiger partial charge in [0.2, 0.25) is 11.9 Å². The molecule has 0 fully saturated rings. The van der Waals surface area contributed by atoms with Gasteiger partial charge in [0.15, 0.2) is 5.13 Å². The summed E-state index contributed by atoms with van der Waals surface area (Å²) in [7, 11) is 0. The smallest absolute Gasteiger partial charge is 0.270 e. The summed E-state index contributed by atoms with van der Waals surface area (Å²) < 4.78 is 5.84. The van der Waals surface area contributed by atoms with Gasteiger partial charge in [-0.3, -0.25) is 24.3 Å². The third kappa shape index (κ3) is 4.84. The van der Waals surface area contributed by atoms with Gasteiger partial charge in [-0.2, -0.15) is 0 Å². The standard InChI is InChI=1S/C25H20N4O4S2/c30-21-17-5-1-2-6-19(17)33-22(21)18-15-35-25(28-18)29(24(32)20-7-3-14-34-20)13-4-10-27-23(31)16-8-11-26-12-9-16/h1-3,5-9,11-12,14-15,22H,4,10,13H2,(H,27,31). The number of rotatable bonds is 8. The molecule has 3 aromatic heterocycles. The maximum Gasteiger partial charge on any atom is 0.270 e. The van der Waals surface area contributed by atoms with Gasteiger partial charge >= 0.3 is 0 Å². The number of benzene rings is 1. The van der Waals surface area contributed by atoms with E-state index in [0.717, 1.165) is 0 Å². The quantitative estimate of drug-likeness (QED) is 0.357. The number of carbonyl (C=O) groups excluding carboxylic acids is 3. The first-order valence-corrected chi connectivity index (χ1v) is 12.7. The second-order valence-electron chi connectivity index (χ2n) is 7.69. The molecule has 1 atom stereocenters. The van der Waals surface area contributed by atoms with Crippen LogP contribution < -0.4 is 15.0 Å². The summed E-state index contributed by atoms with van der Waals surface area (Å²) in [6, 6.07) is 14.0. The zero-order valence-corrected chi connectivity index (χ0v) is 20.1. The van der Waals surface area contributed by atoms with E-state index in [0.29, 0.717) is 52.1 Å². The molecular weight excluding hydrogens is 484 g/mol. The van der Waals surface area contributed by atoms with Gasteiger partial charge < -0.3 is 10.1 Å². The number of nitrogens with zero attached hydrogens (tertiary/aromatic N) is 3. The Morgan fingerprint density at radius 1 is 1.06 bits per heavy atom. The summed E-state index contributed by atoms with van der Waals surface area (Å²) in [5.74, 6) is 0.0146. The molecule has 1 N–H and O–H groups in total. The molecule has 0 bridgehead atoms. The lowest BCUT2D eigenvalue weighted by Crippen LogP contribution is -2.34. The molecule has 176 valence electrons. The largest absolute Gasteiger partial charge is 0.475 e. The van der Waals surface area contributed by atoms with Crippen LogP contribution in [0.5, 0.6) is 5.75 Å². The van der Waals surface area contributed by atoms with E-state index in [1.54, 1.807) is 59.1 Å². The maximum atomic E-state index is 13.2. The number of anilines is 1. The number of hydrogen-bond acceptors (Lipinski definition) is 8. The van der Waals surface area contributed by atoms with Gasteiger partial charge in [-0.15, -0.1) is 22.7 Å². The van der Waals surface area contributed by atoms with E-state index in [2.05, 4.69) is 15.3 Å². The van der Waals surface area contributed by atoms with Crippen molar-refractivity contribution in [3.63, 3.8) is 0 Å². The number of carbonyl (C=O) groups is 3. The lowest BCUT2D eigenvalue weighted by atomic mass is 10.1. The minimum Gasteiger partial charge on any atom is -0.475 e. The van der Waals surface area contributed by atoms with Gasteiger partial charge in [0, 0.05) is 36.4 Å². The second-order valence-corrected chi connectivity index (χ2v) is 9.48. The lowest BCUT2D eigenvalue weighted by Gasteiger charge is -2.19. The molecule has 0 saturated heterocycles. The summed E-state index contributed by atoms with van der Waals surface area (Å²) in [4.78, 5) is 49.0. The van der Waals surface area contributed by atoms with E-state index in [9.17, 15) is 14.4 Å². The molecule has 35 heavy (non-hydrogen) atoms. The number of amides is 2. The van der Waals surface area contributed by atoms with Crippen LogP contribution in [-0.2, 0) is 0 Å². The minimum absolute atomic E-state index is 0.146. The van der Waals surface area contributed by atoms with Gasteiger partial charge in [0.05, 0.1) is 10.4 Å². The number of Topliss-reactive ketones (excluding diaryl/α,β-unsaturated/α-hetero) is 1. The normalized spacial score (nSPS) is 14.3. The maximum absolute atomic E-state index is 13.2. The summed E-state index contributed by atoms with van der Waals surface area (Å²) in [5, 5.41) is 6.94. The van der Waals surface area contributed by atoms with Gasteiger partial charge in [-0.05, 0) is 42.1 Å². The van der Waals surface area contributed by atoms with Crippen molar-refractivity contribution in [2.45, 2.75) is 12.5 Å². The number of fused-ring (bicyclic) bond motifs is 1. The van der Waals surface area contributed by atoms with Crippen LogP contribution in [0.4, 0.5) is 5.13 Å². The van der Waals surface area contributed by atoms with Crippen molar-refractivity contribution < 1.29 is 19.1 Å². The van der Waals surface area contributed by atoms with Crippen LogP contribution in [0.15, 0.2) is 71.7 Å². The van der Waals surface area contributed by atoms with Crippen molar-refractivity contribution in [3.05, 3.63) is 93.4 Å². The Morgan fingerprint density at radius 3 is 2.66 bits per heavy atom. The number of thiazole rings is 1. The van der Waals surface area contributed by atoms with Gasteiger partial charge in [0.25, 0.3) is 11.8 Å². The van der Waals surface area contributed by atoms with Crippen LogP contribution in [0.1, 0.15) is 48.6 Å². The zero-order chi connectivity index (χ0) is 24.2. The molecule has 0 aliphatic carbocycles. The molecule has 8 nitrogen and oxygen atoms in total. The highest BCUT2D eigenvalue weighted by atomic mass is 32.1. The molecule has 4 aromatic rings. The van der Waals surface area contributed by atoms with Gasteiger partial charge in [-0.1, -0.05) is 18.2 Å². The molecule has 1 aliphatic rings. The van der Waals surface area contributed by atoms with E-state index in [4.69, 9.17) is 4.74 Å². The molecule has 1 aromatic carbocycles. The lowest BCUT2D eigenvalue weighted by molar-refractivity contribution is 0.0853. The number of nitrogens with one attached hydrogen (secondary N) is 1. The zero-order valence-electron chi connectivity index (χ0n) is 18.4. The fourth-order valence-corrected chi connectivity index (χ4v) is 5.21. The fraction of sp³-hybridized carbons (Fsp3) is 0.160. The average Bonchev–Trinajstić information content (AvgIpc) is 3.65. The molecule has 10 heteroatoms. The summed E-state index contributed by atoms with van der Waals surface area (Å²) >= 11 is 2.63. The van der Waals surface area contributed by atoms with Crippen molar-refractivity contribution in [2.24, 2.45) is 0 Å². The van der Waals surface area contributed by atoms with Crippen molar-refractivity contribution >= 4 is 45.4 Å². The van der Waals surface area contributed by atoms with Crippen molar-refractivity contribution in [1.82, 2.24) is 15.3 Å². The van der Waals surface area contributed by atoms with E-state index >= 15 is 0 Å². The van der Waals surface area contributed by atoms with Gasteiger partial charge in [-0.25, -0.2) is 4.98 Å². The average molecular weight is 505 g/mol. The topological polar surface area (TPSA) is 101 Å². The summed E-state index contributed by atoms with van der Waals surface area (Å²) in [6.07, 6.45) is 2.82. The summed E-state index contributed by atoms with van der Waals surface area (Å²) in [6.45, 7) is 0.729. The van der Waals surface area contributed by atoms with Crippen LogP contribution in [0, 0.1) is 0 Å². The number of para-hydroxylation sites is 1. The molecule has 0 saturated carbocycles. The van der Waals surface area contributed by atoms with Crippen LogP contribution in [0.3, 0.4) is 0 Å². The molecule has 1 unspecified atom stereocenters. The van der Waals surface area contributed by atoms with Crippen LogP contribution >= 0.6 is 22.7 Å². The Morgan fingerprint density at radius 2 is 1.89 bits per heavy atom. The number of ether oxygens (including phenoxy) is 1. The first-order chi connectivity index (χ1) is 17.1. The van der Waals surface area contributed by atoms with E-state index in [1.165, 1.54) is 22.7 Å². The predicted octanol–water partition coefficient (Wildman–Crippen LogP) is 4.38. The monoisotopic (exact) mass is 504 g/mol.